The van der Waals surface area contributed by atoms with Crippen LogP contribution in [-0.2, 0) is 4.74 Å². The summed E-state index contributed by atoms with van der Waals surface area (Å²) in [6, 6.07) is 7.73. The molecule has 0 N–H and O–H groups in total. The third kappa shape index (κ3) is 3.00. The van der Waals surface area contributed by atoms with Crippen LogP contribution in [0.4, 0.5) is 5.69 Å². The van der Waals surface area contributed by atoms with Gasteiger partial charge in [-0.15, -0.1) is 0 Å². The van der Waals surface area contributed by atoms with Gasteiger partial charge in [-0.25, -0.2) is 4.79 Å². The van der Waals surface area contributed by atoms with Gasteiger partial charge in [0.05, 0.1) is 4.92 Å². The van der Waals surface area contributed by atoms with E-state index in [2.05, 4.69) is 6.58 Å². The molecule has 0 saturated carbocycles. The summed E-state index contributed by atoms with van der Waals surface area (Å²) >= 11 is 0. The topological polar surface area (TPSA) is 82.6 Å². The summed E-state index contributed by atoms with van der Waals surface area (Å²) in [5.74, 6) is -0.191. The number of hydrogen-bond acceptors (Lipinski definition) is 5. The molecule has 0 bridgehead atoms. The zero-order chi connectivity index (χ0) is 15.4. The first-order chi connectivity index (χ1) is 10.0. The smallest absolute Gasteiger partial charge is 0.374 e. The molecule has 2 aromatic rings. The lowest BCUT2D eigenvalue weighted by Gasteiger charge is -2.03. The quantitative estimate of drug-likeness (QED) is 0.364. The van der Waals surface area contributed by atoms with Crippen molar-refractivity contribution < 1.29 is 18.9 Å². The minimum absolute atomic E-state index is 0.000293. The minimum atomic E-state index is -0.607. The zero-order valence-corrected chi connectivity index (χ0v) is 11.4. The molecular formula is C15H13NO5. The van der Waals surface area contributed by atoms with Crippen LogP contribution >= 0.6 is 0 Å². The van der Waals surface area contributed by atoms with Gasteiger partial charge in [0.2, 0.25) is 5.76 Å². The van der Waals surface area contributed by atoms with Gasteiger partial charge in [0, 0.05) is 17.2 Å². The Kier molecular flexibility index (Phi) is 4.18. The van der Waals surface area contributed by atoms with Crippen molar-refractivity contribution in [3.8, 4) is 11.3 Å². The Hall–Kier alpha value is -2.89. The van der Waals surface area contributed by atoms with Crippen LogP contribution in [-0.4, -0.2) is 17.5 Å². The molecule has 0 saturated heterocycles. The van der Waals surface area contributed by atoms with Crippen LogP contribution in [0.15, 0.2) is 47.4 Å². The third-order valence-electron chi connectivity index (χ3n) is 2.91. The Bertz CT molecular complexity index is 702. The van der Waals surface area contributed by atoms with Crippen LogP contribution in [0.3, 0.4) is 0 Å². The van der Waals surface area contributed by atoms with Gasteiger partial charge < -0.3 is 9.15 Å². The molecule has 21 heavy (non-hydrogen) atoms. The van der Waals surface area contributed by atoms with Crippen LogP contribution in [0.5, 0.6) is 0 Å². The summed E-state index contributed by atoms with van der Waals surface area (Å²) < 4.78 is 10.3. The second-order valence-corrected chi connectivity index (χ2v) is 4.26. The number of esters is 1. The first-order valence-corrected chi connectivity index (χ1v) is 6.17. The van der Waals surface area contributed by atoms with Crippen molar-refractivity contribution in [2.75, 3.05) is 6.61 Å². The predicted molar refractivity (Wildman–Crippen MR) is 76.0 cm³/mol. The monoisotopic (exact) mass is 287 g/mol. The number of nitro groups is 1. The van der Waals surface area contributed by atoms with Crippen molar-refractivity contribution in [1.82, 2.24) is 0 Å². The normalized spacial score (nSPS) is 10.1. The van der Waals surface area contributed by atoms with Crippen molar-refractivity contribution in [3.05, 3.63) is 64.4 Å². The van der Waals surface area contributed by atoms with Gasteiger partial charge in [-0.2, -0.15) is 0 Å². The second-order valence-electron chi connectivity index (χ2n) is 4.26. The highest BCUT2D eigenvalue weighted by molar-refractivity contribution is 5.87. The molecule has 0 spiro atoms. The maximum absolute atomic E-state index is 11.6. The molecule has 0 aliphatic heterocycles. The Balaban J connectivity index is 2.34. The van der Waals surface area contributed by atoms with E-state index in [-0.39, 0.29) is 18.1 Å². The number of ether oxygens (including phenoxy) is 1. The Labute approximate surface area is 120 Å². The van der Waals surface area contributed by atoms with E-state index < -0.39 is 10.9 Å². The SMILES string of the molecule is C=CCOC(=O)c1ccc(-c2cccc([N+](=O)[O-])c2C)o1. The van der Waals surface area contributed by atoms with E-state index in [0.29, 0.717) is 16.9 Å². The highest BCUT2D eigenvalue weighted by atomic mass is 16.6. The first-order valence-electron chi connectivity index (χ1n) is 6.17. The van der Waals surface area contributed by atoms with Gasteiger partial charge in [-0.05, 0) is 19.1 Å². The van der Waals surface area contributed by atoms with Gasteiger partial charge >= 0.3 is 5.97 Å². The summed E-state index contributed by atoms with van der Waals surface area (Å²) in [6.45, 7) is 5.16. The summed E-state index contributed by atoms with van der Waals surface area (Å²) in [4.78, 5) is 22.1. The lowest BCUT2D eigenvalue weighted by atomic mass is 10.1. The van der Waals surface area contributed by atoms with E-state index >= 15 is 0 Å². The lowest BCUT2D eigenvalue weighted by molar-refractivity contribution is -0.385. The summed E-state index contributed by atoms with van der Waals surface area (Å²) in [7, 11) is 0. The number of furan rings is 1. The molecule has 1 heterocycles. The fraction of sp³-hybridized carbons (Fsp3) is 0.133. The van der Waals surface area contributed by atoms with Gasteiger partial charge in [-0.3, -0.25) is 10.1 Å². The Morgan fingerprint density at radius 2 is 2.19 bits per heavy atom. The first kappa shape index (κ1) is 14.5. The van der Waals surface area contributed by atoms with Crippen molar-refractivity contribution in [2.45, 2.75) is 6.92 Å². The molecule has 0 aliphatic rings. The average Bonchev–Trinajstić information content (AvgIpc) is 2.94. The number of carbonyl (C=O) groups excluding carboxylic acids is 1. The molecule has 108 valence electrons. The number of benzene rings is 1. The third-order valence-corrected chi connectivity index (χ3v) is 2.91. The summed E-state index contributed by atoms with van der Waals surface area (Å²) in [5, 5.41) is 10.9. The maximum Gasteiger partial charge on any atom is 0.374 e. The summed E-state index contributed by atoms with van der Waals surface area (Å²) in [5.41, 5.74) is 1.04. The molecule has 0 aliphatic carbocycles. The van der Waals surface area contributed by atoms with Crippen LogP contribution < -0.4 is 0 Å². The van der Waals surface area contributed by atoms with Crippen LogP contribution in [0.1, 0.15) is 16.1 Å². The highest BCUT2D eigenvalue weighted by Crippen LogP contribution is 2.31. The Morgan fingerprint density at radius 3 is 2.86 bits per heavy atom. The van der Waals surface area contributed by atoms with Gasteiger partial charge in [0.25, 0.3) is 5.69 Å². The molecule has 0 unspecified atom stereocenters. The highest BCUT2D eigenvalue weighted by Gasteiger charge is 2.18. The molecule has 1 aromatic heterocycles. The molecule has 6 nitrogen and oxygen atoms in total. The van der Waals surface area contributed by atoms with E-state index in [0.717, 1.165) is 0 Å². The van der Waals surface area contributed by atoms with E-state index in [4.69, 9.17) is 9.15 Å². The van der Waals surface area contributed by atoms with Crippen LogP contribution in [0.25, 0.3) is 11.3 Å². The van der Waals surface area contributed by atoms with Crippen LogP contribution in [0, 0.1) is 17.0 Å². The molecule has 2 rings (SSSR count). The second kappa shape index (κ2) is 6.04. The molecule has 0 radical (unpaired) electrons. The Morgan fingerprint density at radius 1 is 1.43 bits per heavy atom. The standard InChI is InChI=1S/C15H13NO5/c1-3-9-20-15(17)14-8-7-13(21-14)11-5-4-6-12(10(11)2)16(18)19/h3-8H,1,9H2,2H3. The minimum Gasteiger partial charge on any atom is -0.456 e. The molecule has 6 heteroatoms. The van der Waals surface area contributed by atoms with Gasteiger partial charge in [0.1, 0.15) is 12.4 Å². The number of nitro benzene ring substituents is 1. The van der Waals surface area contributed by atoms with E-state index in [1.165, 1.54) is 18.2 Å². The predicted octanol–water partition coefficient (Wildman–Crippen LogP) is 3.51. The number of rotatable bonds is 5. The molecule has 1 aromatic carbocycles. The van der Waals surface area contributed by atoms with E-state index in [1.807, 2.05) is 0 Å². The molecule has 0 atom stereocenters. The van der Waals surface area contributed by atoms with Gasteiger partial charge in [-0.1, -0.05) is 24.8 Å². The zero-order valence-electron chi connectivity index (χ0n) is 11.4. The van der Waals surface area contributed by atoms with Crippen molar-refractivity contribution in [3.63, 3.8) is 0 Å². The van der Waals surface area contributed by atoms with Crippen molar-refractivity contribution in [1.29, 1.82) is 0 Å². The average molecular weight is 287 g/mol. The number of carbonyl (C=O) groups is 1. The van der Waals surface area contributed by atoms with Crippen LogP contribution in [0.2, 0.25) is 0 Å². The van der Waals surface area contributed by atoms with E-state index in [9.17, 15) is 14.9 Å². The fourth-order valence-corrected chi connectivity index (χ4v) is 1.89. The fourth-order valence-electron chi connectivity index (χ4n) is 1.89. The number of nitrogens with zero attached hydrogens (tertiary/aromatic N) is 1. The lowest BCUT2D eigenvalue weighted by Crippen LogP contribution is -2.03. The molecule has 0 amide bonds. The number of hydrogen-bond donors (Lipinski definition) is 0. The largest absolute Gasteiger partial charge is 0.456 e. The maximum atomic E-state index is 11.6. The van der Waals surface area contributed by atoms with Crippen molar-refractivity contribution in [2.24, 2.45) is 0 Å². The summed E-state index contributed by atoms with van der Waals surface area (Å²) in [6.07, 6.45) is 1.45. The molecule has 0 fully saturated rings. The van der Waals surface area contributed by atoms with Gasteiger partial charge in [0.15, 0.2) is 0 Å². The van der Waals surface area contributed by atoms with Crippen molar-refractivity contribution >= 4 is 11.7 Å². The molecular weight excluding hydrogens is 274 g/mol. The van der Waals surface area contributed by atoms with E-state index in [1.54, 1.807) is 25.1 Å².